The molecule has 68 valence electrons. The molecule has 2 N–H and O–H groups in total. The fraction of sp³-hybridized carbons (Fsp3) is 0.455. The molecule has 1 fully saturated rings. The molecular weight excluding hydrogens is 162 g/mol. The van der Waals surface area contributed by atoms with Crippen molar-refractivity contribution < 1.29 is 5.11 Å². The molecule has 0 bridgehead atoms. The van der Waals surface area contributed by atoms with Gasteiger partial charge in [0.1, 0.15) is 6.23 Å². The third kappa shape index (κ3) is 0.960. The van der Waals surface area contributed by atoms with Gasteiger partial charge in [0.05, 0.1) is 0 Å². The van der Waals surface area contributed by atoms with Gasteiger partial charge in [-0.25, -0.2) is 0 Å². The van der Waals surface area contributed by atoms with Crippen LogP contribution in [-0.4, -0.2) is 17.9 Å². The SMILES string of the molecule is OC1NCC2c3ccccc3CC12. The molecule has 1 aliphatic heterocycles. The van der Waals surface area contributed by atoms with Gasteiger partial charge in [-0.05, 0) is 17.5 Å². The summed E-state index contributed by atoms with van der Waals surface area (Å²) >= 11 is 0. The van der Waals surface area contributed by atoms with E-state index in [1.165, 1.54) is 11.1 Å². The lowest BCUT2D eigenvalue weighted by Gasteiger charge is -2.10. The predicted molar refractivity (Wildman–Crippen MR) is 50.4 cm³/mol. The summed E-state index contributed by atoms with van der Waals surface area (Å²) < 4.78 is 0. The predicted octanol–water partition coefficient (Wildman–Crippen LogP) is 0.864. The number of aliphatic hydroxyl groups excluding tert-OH is 1. The molecule has 1 heterocycles. The number of hydrogen-bond donors (Lipinski definition) is 2. The van der Waals surface area contributed by atoms with Crippen molar-refractivity contribution in [2.24, 2.45) is 5.92 Å². The van der Waals surface area contributed by atoms with Crippen LogP contribution in [0.3, 0.4) is 0 Å². The molecule has 0 spiro atoms. The van der Waals surface area contributed by atoms with Crippen LogP contribution in [0.1, 0.15) is 17.0 Å². The second-order valence-electron chi connectivity index (χ2n) is 4.03. The Morgan fingerprint density at radius 3 is 3.08 bits per heavy atom. The van der Waals surface area contributed by atoms with Gasteiger partial charge in [-0.1, -0.05) is 24.3 Å². The molecule has 1 aromatic carbocycles. The topological polar surface area (TPSA) is 32.3 Å². The summed E-state index contributed by atoms with van der Waals surface area (Å²) in [5.74, 6) is 0.962. The Hall–Kier alpha value is -0.860. The highest BCUT2D eigenvalue weighted by Gasteiger charge is 2.41. The zero-order chi connectivity index (χ0) is 8.84. The van der Waals surface area contributed by atoms with E-state index in [-0.39, 0.29) is 6.23 Å². The van der Waals surface area contributed by atoms with Crippen molar-refractivity contribution in [2.75, 3.05) is 6.54 Å². The molecule has 0 saturated carbocycles. The van der Waals surface area contributed by atoms with Crippen molar-refractivity contribution in [3.63, 3.8) is 0 Å². The zero-order valence-electron chi connectivity index (χ0n) is 7.40. The number of hydrogen-bond acceptors (Lipinski definition) is 2. The van der Waals surface area contributed by atoms with Crippen molar-refractivity contribution >= 4 is 0 Å². The summed E-state index contributed by atoms with van der Waals surface area (Å²) in [6.45, 7) is 0.933. The van der Waals surface area contributed by atoms with Gasteiger partial charge in [-0.15, -0.1) is 0 Å². The molecule has 2 nitrogen and oxygen atoms in total. The summed E-state index contributed by atoms with van der Waals surface area (Å²) in [5.41, 5.74) is 2.87. The lowest BCUT2D eigenvalue weighted by Crippen LogP contribution is -2.26. The van der Waals surface area contributed by atoms with Crippen molar-refractivity contribution in [1.82, 2.24) is 5.32 Å². The summed E-state index contributed by atoms with van der Waals surface area (Å²) in [5, 5.41) is 12.8. The number of nitrogens with one attached hydrogen (secondary N) is 1. The minimum absolute atomic E-state index is 0.294. The number of rotatable bonds is 0. The Morgan fingerprint density at radius 1 is 1.31 bits per heavy atom. The maximum Gasteiger partial charge on any atom is 0.108 e. The largest absolute Gasteiger partial charge is 0.378 e. The molecule has 13 heavy (non-hydrogen) atoms. The van der Waals surface area contributed by atoms with Crippen LogP contribution in [0, 0.1) is 5.92 Å². The molecule has 1 aromatic rings. The maximum absolute atomic E-state index is 9.66. The first-order valence-electron chi connectivity index (χ1n) is 4.85. The first-order valence-corrected chi connectivity index (χ1v) is 4.85. The van der Waals surface area contributed by atoms with E-state index in [2.05, 4.69) is 29.6 Å². The van der Waals surface area contributed by atoms with Crippen LogP contribution >= 0.6 is 0 Å². The van der Waals surface area contributed by atoms with Crippen LogP contribution in [0.15, 0.2) is 24.3 Å². The molecular formula is C11H13NO. The second kappa shape index (κ2) is 2.56. The third-order valence-corrected chi connectivity index (χ3v) is 3.38. The van der Waals surface area contributed by atoms with Crippen molar-refractivity contribution in [3.8, 4) is 0 Å². The van der Waals surface area contributed by atoms with E-state index >= 15 is 0 Å². The fourth-order valence-electron chi connectivity index (χ4n) is 2.70. The minimum Gasteiger partial charge on any atom is -0.378 e. The lowest BCUT2D eigenvalue weighted by atomic mass is 9.96. The van der Waals surface area contributed by atoms with E-state index in [9.17, 15) is 5.11 Å². The van der Waals surface area contributed by atoms with Gasteiger partial charge in [-0.2, -0.15) is 0 Å². The minimum atomic E-state index is -0.294. The molecule has 3 atom stereocenters. The average molecular weight is 175 g/mol. The molecule has 0 amide bonds. The van der Waals surface area contributed by atoms with E-state index < -0.39 is 0 Å². The highest BCUT2D eigenvalue weighted by molar-refractivity contribution is 5.38. The Kier molecular flexibility index (Phi) is 1.49. The van der Waals surface area contributed by atoms with E-state index in [0.29, 0.717) is 11.8 Å². The Balaban J connectivity index is 2.05. The highest BCUT2D eigenvalue weighted by Crippen LogP contribution is 2.41. The molecule has 0 aromatic heterocycles. The van der Waals surface area contributed by atoms with Crippen LogP contribution < -0.4 is 5.32 Å². The Bertz CT molecular complexity index is 337. The first kappa shape index (κ1) is 7.54. The van der Waals surface area contributed by atoms with Gasteiger partial charge >= 0.3 is 0 Å². The highest BCUT2D eigenvalue weighted by atomic mass is 16.3. The third-order valence-electron chi connectivity index (χ3n) is 3.38. The Labute approximate surface area is 77.6 Å². The first-order chi connectivity index (χ1) is 6.36. The van der Waals surface area contributed by atoms with Gasteiger partial charge < -0.3 is 5.11 Å². The normalized spacial score (nSPS) is 35.9. The summed E-state index contributed by atoms with van der Waals surface area (Å²) in [6.07, 6.45) is 0.743. The smallest absolute Gasteiger partial charge is 0.108 e. The van der Waals surface area contributed by atoms with Crippen LogP contribution in [0.25, 0.3) is 0 Å². The number of fused-ring (bicyclic) bond motifs is 3. The molecule has 1 aliphatic carbocycles. The maximum atomic E-state index is 9.66. The lowest BCUT2D eigenvalue weighted by molar-refractivity contribution is 0.112. The average Bonchev–Trinajstić information content (AvgIpc) is 2.67. The van der Waals surface area contributed by atoms with Crippen LogP contribution in [0.5, 0.6) is 0 Å². The molecule has 3 unspecified atom stereocenters. The molecule has 2 heteroatoms. The molecule has 0 radical (unpaired) electrons. The van der Waals surface area contributed by atoms with Gasteiger partial charge in [0.2, 0.25) is 0 Å². The summed E-state index contributed by atoms with van der Waals surface area (Å²) in [6, 6.07) is 8.55. The van der Waals surface area contributed by atoms with Crippen LogP contribution in [-0.2, 0) is 6.42 Å². The molecule has 1 saturated heterocycles. The molecule has 2 aliphatic rings. The van der Waals surface area contributed by atoms with Crippen molar-refractivity contribution in [2.45, 2.75) is 18.6 Å². The Morgan fingerprint density at radius 2 is 2.15 bits per heavy atom. The van der Waals surface area contributed by atoms with E-state index in [1.807, 2.05) is 0 Å². The van der Waals surface area contributed by atoms with Crippen LogP contribution in [0.4, 0.5) is 0 Å². The number of benzene rings is 1. The quantitative estimate of drug-likeness (QED) is 0.613. The second-order valence-corrected chi connectivity index (χ2v) is 4.03. The van der Waals surface area contributed by atoms with Crippen LogP contribution in [0.2, 0.25) is 0 Å². The standard InChI is InChI=1S/C11H13NO/c13-11-9-5-7-3-1-2-4-8(7)10(9)6-12-11/h1-4,9-13H,5-6H2. The summed E-state index contributed by atoms with van der Waals surface area (Å²) in [7, 11) is 0. The molecule has 3 rings (SSSR count). The van der Waals surface area contributed by atoms with E-state index in [1.54, 1.807) is 0 Å². The van der Waals surface area contributed by atoms with Gasteiger partial charge in [-0.3, -0.25) is 5.32 Å². The van der Waals surface area contributed by atoms with E-state index in [4.69, 9.17) is 0 Å². The zero-order valence-corrected chi connectivity index (χ0v) is 7.40. The van der Waals surface area contributed by atoms with Crippen molar-refractivity contribution in [3.05, 3.63) is 35.4 Å². The van der Waals surface area contributed by atoms with Gasteiger partial charge in [0, 0.05) is 18.4 Å². The van der Waals surface area contributed by atoms with Gasteiger partial charge in [0.15, 0.2) is 0 Å². The number of aliphatic hydroxyl groups is 1. The fourth-order valence-corrected chi connectivity index (χ4v) is 2.70. The monoisotopic (exact) mass is 175 g/mol. The summed E-state index contributed by atoms with van der Waals surface area (Å²) in [4.78, 5) is 0. The van der Waals surface area contributed by atoms with Crippen molar-refractivity contribution in [1.29, 1.82) is 0 Å². The van der Waals surface area contributed by atoms with E-state index in [0.717, 1.165) is 13.0 Å². The van der Waals surface area contributed by atoms with Gasteiger partial charge in [0.25, 0.3) is 0 Å².